The highest BCUT2D eigenvalue weighted by atomic mass is 16.2. The zero-order valence-electron chi connectivity index (χ0n) is 15.3. The van der Waals surface area contributed by atoms with E-state index in [1.54, 1.807) is 11.0 Å². The molecule has 4 rings (SSSR count). The molecular weight excluding hydrogens is 312 g/mol. The van der Waals surface area contributed by atoms with E-state index in [1.165, 1.54) is 24.8 Å². The third kappa shape index (κ3) is 2.75. The molecule has 1 unspecified atom stereocenters. The van der Waals surface area contributed by atoms with Gasteiger partial charge in [0.2, 0.25) is 5.82 Å². The number of rotatable bonds is 2. The molecule has 132 valence electrons. The first-order valence-corrected chi connectivity index (χ1v) is 9.15. The third-order valence-corrected chi connectivity index (χ3v) is 5.86. The molecule has 2 aromatic rings. The van der Waals surface area contributed by atoms with Crippen LogP contribution < -0.4 is 0 Å². The number of amides is 1. The molecule has 0 radical (unpaired) electrons. The Morgan fingerprint density at radius 2 is 1.92 bits per heavy atom. The number of likely N-dealkylation sites (tertiary alicyclic amines) is 1. The first-order valence-electron chi connectivity index (χ1n) is 9.15. The Balaban J connectivity index is 1.58. The Labute approximate surface area is 149 Å². The summed E-state index contributed by atoms with van der Waals surface area (Å²) in [5, 5.41) is 4.43. The Morgan fingerprint density at radius 3 is 2.48 bits per heavy atom. The average molecular weight is 338 g/mol. The fraction of sp³-hybridized carbons (Fsp3) is 0.550. The van der Waals surface area contributed by atoms with Gasteiger partial charge in [-0.05, 0) is 44.6 Å². The largest absolute Gasteiger partial charge is 0.335 e. The van der Waals surface area contributed by atoms with Crippen LogP contribution in [-0.4, -0.2) is 38.7 Å². The molecule has 1 spiro atoms. The van der Waals surface area contributed by atoms with Crippen LogP contribution in [0.3, 0.4) is 0 Å². The van der Waals surface area contributed by atoms with Gasteiger partial charge in [0.15, 0.2) is 0 Å². The van der Waals surface area contributed by atoms with Crippen molar-refractivity contribution < 1.29 is 4.79 Å². The lowest BCUT2D eigenvalue weighted by molar-refractivity contribution is 0.0713. The summed E-state index contributed by atoms with van der Waals surface area (Å²) in [6, 6.07) is 10.6. The van der Waals surface area contributed by atoms with Crippen LogP contribution in [-0.2, 0) is 5.54 Å². The van der Waals surface area contributed by atoms with Gasteiger partial charge < -0.3 is 4.90 Å². The van der Waals surface area contributed by atoms with Crippen LogP contribution in [0.15, 0.2) is 36.7 Å². The Morgan fingerprint density at radius 1 is 1.20 bits per heavy atom. The number of benzene rings is 1. The van der Waals surface area contributed by atoms with Crippen molar-refractivity contribution in [3.63, 3.8) is 0 Å². The maximum atomic E-state index is 13.0. The molecule has 1 aliphatic carbocycles. The highest BCUT2D eigenvalue weighted by Crippen LogP contribution is 2.55. The van der Waals surface area contributed by atoms with Crippen molar-refractivity contribution in [3.05, 3.63) is 48.0 Å². The summed E-state index contributed by atoms with van der Waals surface area (Å²) >= 11 is 0. The molecule has 1 atom stereocenters. The second-order valence-electron chi connectivity index (χ2n) is 8.55. The lowest BCUT2D eigenvalue weighted by Crippen LogP contribution is -2.38. The van der Waals surface area contributed by atoms with Gasteiger partial charge in [0, 0.05) is 19.0 Å². The molecule has 1 saturated carbocycles. The van der Waals surface area contributed by atoms with E-state index in [-0.39, 0.29) is 16.9 Å². The number of nitrogens with zero attached hydrogens (tertiary/aromatic N) is 4. The van der Waals surface area contributed by atoms with Crippen LogP contribution in [0.4, 0.5) is 0 Å². The van der Waals surface area contributed by atoms with Crippen molar-refractivity contribution in [2.45, 2.75) is 51.5 Å². The lowest BCUT2D eigenvalue weighted by Gasteiger charge is -2.43. The van der Waals surface area contributed by atoms with Crippen molar-refractivity contribution in [1.82, 2.24) is 19.7 Å². The van der Waals surface area contributed by atoms with E-state index in [9.17, 15) is 4.79 Å². The molecule has 2 fully saturated rings. The highest BCUT2D eigenvalue weighted by Gasteiger charge is 2.52. The van der Waals surface area contributed by atoms with Crippen LogP contribution in [0, 0.1) is 5.41 Å². The summed E-state index contributed by atoms with van der Waals surface area (Å²) < 4.78 is 1.77. The summed E-state index contributed by atoms with van der Waals surface area (Å²) in [6.07, 6.45) is 5.35. The lowest BCUT2D eigenvalue weighted by atomic mass is 9.61. The van der Waals surface area contributed by atoms with Gasteiger partial charge in [0.25, 0.3) is 5.91 Å². The monoisotopic (exact) mass is 338 g/mol. The Kier molecular flexibility index (Phi) is 3.71. The van der Waals surface area contributed by atoms with E-state index in [1.807, 2.05) is 4.90 Å². The molecule has 5 heteroatoms. The summed E-state index contributed by atoms with van der Waals surface area (Å²) in [5.41, 5.74) is 1.44. The van der Waals surface area contributed by atoms with Crippen LogP contribution in [0.1, 0.15) is 62.1 Å². The fourth-order valence-electron chi connectivity index (χ4n) is 4.23. The van der Waals surface area contributed by atoms with E-state index in [2.05, 4.69) is 61.2 Å². The molecule has 1 aromatic carbocycles. The van der Waals surface area contributed by atoms with Crippen LogP contribution in [0.2, 0.25) is 0 Å². The predicted molar refractivity (Wildman–Crippen MR) is 96.4 cm³/mol. The zero-order valence-corrected chi connectivity index (χ0v) is 15.3. The molecule has 25 heavy (non-hydrogen) atoms. The predicted octanol–water partition coefficient (Wildman–Crippen LogP) is 3.44. The van der Waals surface area contributed by atoms with Crippen LogP contribution >= 0.6 is 0 Å². The van der Waals surface area contributed by atoms with Crippen LogP contribution in [0.25, 0.3) is 0 Å². The average Bonchev–Trinajstić information content (AvgIpc) is 3.19. The van der Waals surface area contributed by atoms with E-state index in [0.29, 0.717) is 11.7 Å². The van der Waals surface area contributed by atoms with Crippen molar-refractivity contribution >= 4 is 5.91 Å². The molecule has 1 aromatic heterocycles. The Hall–Kier alpha value is -2.17. The first kappa shape index (κ1) is 16.3. The topological polar surface area (TPSA) is 51.0 Å². The number of aromatic nitrogens is 3. The van der Waals surface area contributed by atoms with E-state index in [4.69, 9.17) is 0 Å². The van der Waals surface area contributed by atoms with Gasteiger partial charge >= 0.3 is 0 Å². The molecular formula is C20H26N4O. The van der Waals surface area contributed by atoms with Gasteiger partial charge in [-0.3, -0.25) is 4.79 Å². The molecule has 0 bridgehead atoms. The molecule has 1 saturated heterocycles. The second-order valence-corrected chi connectivity index (χ2v) is 8.55. The molecule has 1 amide bonds. The number of hydrogen-bond donors (Lipinski definition) is 0. The molecule has 1 aliphatic heterocycles. The molecule has 0 N–H and O–H groups in total. The number of hydrogen-bond acceptors (Lipinski definition) is 3. The maximum absolute atomic E-state index is 13.0. The van der Waals surface area contributed by atoms with Gasteiger partial charge in [-0.2, -0.15) is 0 Å². The number of carbonyl (C=O) groups excluding carboxylic acids is 1. The van der Waals surface area contributed by atoms with Crippen molar-refractivity contribution in [1.29, 1.82) is 0 Å². The summed E-state index contributed by atoms with van der Waals surface area (Å²) in [7, 11) is 0. The third-order valence-electron chi connectivity index (χ3n) is 5.86. The summed E-state index contributed by atoms with van der Waals surface area (Å²) in [4.78, 5) is 19.2. The van der Waals surface area contributed by atoms with E-state index in [0.717, 1.165) is 13.1 Å². The van der Waals surface area contributed by atoms with E-state index >= 15 is 0 Å². The van der Waals surface area contributed by atoms with Crippen molar-refractivity contribution in [3.8, 4) is 0 Å². The van der Waals surface area contributed by atoms with Crippen molar-refractivity contribution in [2.75, 3.05) is 13.1 Å². The minimum atomic E-state index is -0.168. The van der Waals surface area contributed by atoms with Gasteiger partial charge in [0.05, 0.1) is 5.54 Å². The minimum Gasteiger partial charge on any atom is -0.335 e. The standard InChI is InChI=1S/C20H26N4O/c1-19(2,3)24-14-21-17(22-24)18(25)23-12-16(15-8-5-4-6-9-15)20(13-23)10-7-11-20/h4-6,8-9,14,16H,7,10-13H2,1-3H3. The van der Waals surface area contributed by atoms with Gasteiger partial charge in [-0.25, -0.2) is 9.67 Å². The summed E-state index contributed by atoms with van der Waals surface area (Å²) in [6.45, 7) is 7.77. The summed E-state index contributed by atoms with van der Waals surface area (Å²) in [5.74, 6) is 0.710. The molecule has 2 heterocycles. The smallest absolute Gasteiger partial charge is 0.293 e. The van der Waals surface area contributed by atoms with E-state index < -0.39 is 0 Å². The zero-order chi connectivity index (χ0) is 17.7. The van der Waals surface area contributed by atoms with Gasteiger partial charge in [0.1, 0.15) is 6.33 Å². The fourth-order valence-corrected chi connectivity index (χ4v) is 4.23. The van der Waals surface area contributed by atoms with Gasteiger partial charge in [-0.15, -0.1) is 5.10 Å². The molecule has 2 aliphatic rings. The highest BCUT2D eigenvalue weighted by molar-refractivity contribution is 5.90. The minimum absolute atomic E-state index is 0.0345. The second kappa shape index (κ2) is 5.68. The SMILES string of the molecule is CC(C)(C)n1cnc(C(=O)N2CC(c3ccccc3)C3(CCC3)C2)n1. The quantitative estimate of drug-likeness (QED) is 0.843. The number of carbonyl (C=O) groups is 1. The van der Waals surface area contributed by atoms with Gasteiger partial charge in [-0.1, -0.05) is 36.8 Å². The first-order chi connectivity index (χ1) is 11.9. The maximum Gasteiger partial charge on any atom is 0.293 e. The van der Waals surface area contributed by atoms with Crippen LogP contribution in [0.5, 0.6) is 0 Å². The van der Waals surface area contributed by atoms with Crippen molar-refractivity contribution in [2.24, 2.45) is 5.41 Å². The molecule has 5 nitrogen and oxygen atoms in total. The normalized spacial score (nSPS) is 22.2. The Bertz CT molecular complexity index is 770.